The second-order valence-corrected chi connectivity index (χ2v) is 4.07. The minimum absolute atomic E-state index is 0.419. The van der Waals surface area contributed by atoms with Gasteiger partial charge in [-0.3, -0.25) is 9.59 Å². The fourth-order valence-electron chi connectivity index (χ4n) is 1.77. The number of ether oxygens (including phenoxy) is 1. The van der Waals surface area contributed by atoms with E-state index < -0.39 is 11.6 Å². The quantitative estimate of drug-likeness (QED) is 0.602. The smallest absolute Gasteiger partial charge is 0.229 e. The van der Waals surface area contributed by atoms with Crippen LogP contribution in [0, 0.1) is 0 Å². The van der Waals surface area contributed by atoms with Crippen LogP contribution in [0.25, 0.3) is 0 Å². The van der Waals surface area contributed by atoms with E-state index in [1.54, 1.807) is 18.2 Å². The zero-order valence-corrected chi connectivity index (χ0v) is 10.2. The third kappa shape index (κ3) is 2.74. The van der Waals surface area contributed by atoms with E-state index in [0.29, 0.717) is 23.5 Å². The van der Waals surface area contributed by atoms with Gasteiger partial charge in [0.25, 0.3) is 0 Å². The standard InChI is InChI=1S/C15H14O3/c1-2-6-11-9-13(10-14(16)15(11)17)18-12-7-4-3-5-8-12/h3-5,7-10H,2,6H2,1H3. The van der Waals surface area contributed by atoms with Gasteiger partial charge in [0.2, 0.25) is 11.6 Å². The maximum Gasteiger partial charge on any atom is 0.229 e. The van der Waals surface area contributed by atoms with Crippen LogP contribution in [-0.4, -0.2) is 11.6 Å². The van der Waals surface area contributed by atoms with Gasteiger partial charge >= 0.3 is 0 Å². The van der Waals surface area contributed by atoms with Crippen LogP contribution in [0.2, 0.25) is 0 Å². The Morgan fingerprint density at radius 2 is 1.78 bits per heavy atom. The third-order valence-electron chi connectivity index (χ3n) is 2.60. The molecule has 0 N–H and O–H groups in total. The molecule has 0 radical (unpaired) electrons. The van der Waals surface area contributed by atoms with Gasteiger partial charge in [-0.2, -0.15) is 0 Å². The summed E-state index contributed by atoms with van der Waals surface area (Å²) in [7, 11) is 0. The molecule has 1 aromatic rings. The molecule has 1 aliphatic rings. The van der Waals surface area contributed by atoms with Crippen molar-refractivity contribution in [3.63, 3.8) is 0 Å². The first-order valence-corrected chi connectivity index (χ1v) is 5.94. The summed E-state index contributed by atoms with van der Waals surface area (Å²) in [6.45, 7) is 1.97. The lowest BCUT2D eigenvalue weighted by molar-refractivity contribution is -0.131. The molecule has 0 spiro atoms. The number of benzene rings is 1. The van der Waals surface area contributed by atoms with Crippen molar-refractivity contribution in [3.05, 3.63) is 53.8 Å². The molecular formula is C15H14O3. The van der Waals surface area contributed by atoms with Crippen LogP contribution in [-0.2, 0) is 9.59 Å². The van der Waals surface area contributed by atoms with E-state index in [0.717, 1.165) is 6.42 Å². The van der Waals surface area contributed by atoms with Gasteiger partial charge in [0.05, 0.1) is 0 Å². The van der Waals surface area contributed by atoms with E-state index in [1.807, 2.05) is 25.1 Å². The fourth-order valence-corrected chi connectivity index (χ4v) is 1.77. The molecule has 0 aromatic heterocycles. The molecular weight excluding hydrogens is 228 g/mol. The molecule has 0 saturated carbocycles. The highest BCUT2D eigenvalue weighted by Gasteiger charge is 2.22. The van der Waals surface area contributed by atoms with Crippen LogP contribution in [0.1, 0.15) is 19.8 Å². The molecule has 0 fully saturated rings. The van der Waals surface area contributed by atoms with Crippen LogP contribution in [0.4, 0.5) is 0 Å². The average molecular weight is 242 g/mol. The SMILES string of the molecule is CCCC1=CC(Oc2ccccc2)=CC(=O)C1=O. The largest absolute Gasteiger partial charge is 0.457 e. The van der Waals surface area contributed by atoms with Gasteiger partial charge in [-0.15, -0.1) is 0 Å². The summed E-state index contributed by atoms with van der Waals surface area (Å²) in [4.78, 5) is 23.1. The van der Waals surface area contributed by atoms with Crippen LogP contribution in [0.3, 0.4) is 0 Å². The van der Waals surface area contributed by atoms with Crippen LogP contribution in [0.5, 0.6) is 5.75 Å². The van der Waals surface area contributed by atoms with E-state index in [1.165, 1.54) is 6.08 Å². The number of carbonyl (C=O) groups excluding carboxylic acids is 2. The predicted octanol–water partition coefficient (Wildman–Crippen LogP) is 2.83. The number of Topliss-reactive ketones (excluding diaryl/α,β-unsaturated/α-hetero) is 1. The zero-order valence-electron chi connectivity index (χ0n) is 10.2. The number of hydrogen-bond acceptors (Lipinski definition) is 3. The molecule has 2 rings (SSSR count). The molecule has 0 amide bonds. The van der Waals surface area contributed by atoms with Gasteiger partial charge in [-0.25, -0.2) is 0 Å². The lowest BCUT2D eigenvalue weighted by Gasteiger charge is -2.12. The molecule has 0 aliphatic heterocycles. The summed E-state index contributed by atoms with van der Waals surface area (Å²) in [6, 6.07) is 9.18. The maximum absolute atomic E-state index is 11.6. The van der Waals surface area contributed by atoms with Gasteiger partial charge in [-0.05, 0) is 24.6 Å². The highest BCUT2D eigenvalue weighted by atomic mass is 16.5. The monoisotopic (exact) mass is 242 g/mol. The Kier molecular flexibility index (Phi) is 3.72. The van der Waals surface area contributed by atoms with Gasteiger partial charge < -0.3 is 4.74 Å². The van der Waals surface area contributed by atoms with Crippen molar-refractivity contribution in [1.82, 2.24) is 0 Å². The van der Waals surface area contributed by atoms with Crippen molar-refractivity contribution >= 4 is 11.6 Å². The van der Waals surface area contributed by atoms with Crippen LogP contribution < -0.4 is 4.74 Å². The number of rotatable bonds is 4. The first-order valence-electron chi connectivity index (χ1n) is 5.94. The molecule has 1 aromatic carbocycles. The van der Waals surface area contributed by atoms with Gasteiger partial charge in [0.1, 0.15) is 11.5 Å². The normalized spacial score (nSPS) is 15.2. The van der Waals surface area contributed by atoms with Crippen molar-refractivity contribution < 1.29 is 14.3 Å². The van der Waals surface area contributed by atoms with Crippen LogP contribution in [0.15, 0.2) is 53.8 Å². The number of hydrogen-bond donors (Lipinski definition) is 0. The summed E-state index contributed by atoms with van der Waals surface area (Å²) >= 11 is 0. The van der Waals surface area contributed by atoms with Crippen molar-refractivity contribution in [2.45, 2.75) is 19.8 Å². The van der Waals surface area contributed by atoms with Crippen molar-refractivity contribution in [3.8, 4) is 5.75 Å². The first-order chi connectivity index (χ1) is 8.70. The summed E-state index contributed by atoms with van der Waals surface area (Å²) < 4.78 is 5.56. The number of allylic oxidation sites excluding steroid dienone is 3. The van der Waals surface area contributed by atoms with Crippen molar-refractivity contribution in [1.29, 1.82) is 0 Å². The lowest BCUT2D eigenvalue weighted by Crippen LogP contribution is -2.19. The summed E-state index contributed by atoms with van der Waals surface area (Å²) in [6.07, 6.45) is 4.32. The van der Waals surface area contributed by atoms with Crippen LogP contribution >= 0.6 is 0 Å². The Morgan fingerprint density at radius 3 is 2.44 bits per heavy atom. The van der Waals surface area contributed by atoms with Crippen molar-refractivity contribution in [2.75, 3.05) is 0 Å². The zero-order chi connectivity index (χ0) is 13.0. The van der Waals surface area contributed by atoms with Gasteiger partial charge in [-0.1, -0.05) is 31.5 Å². The van der Waals surface area contributed by atoms with E-state index in [9.17, 15) is 9.59 Å². The molecule has 92 valence electrons. The molecule has 0 saturated heterocycles. The van der Waals surface area contributed by atoms with E-state index in [-0.39, 0.29) is 0 Å². The second-order valence-electron chi connectivity index (χ2n) is 4.07. The summed E-state index contributed by atoms with van der Waals surface area (Å²) in [5.41, 5.74) is 0.524. The molecule has 3 nitrogen and oxygen atoms in total. The van der Waals surface area contributed by atoms with E-state index in [2.05, 4.69) is 0 Å². The highest BCUT2D eigenvalue weighted by Crippen LogP contribution is 2.20. The molecule has 18 heavy (non-hydrogen) atoms. The highest BCUT2D eigenvalue weighted by molar-refractivity contribution is 6.48. The molecule has 1 aliphatic carbocycles. The fraction of sp³-hybridized carbons (Fsp3) is 0.200. The summed E-state index contributed by atoms with van der Waals surface area (Å²) in [5, 5.41) is 0. The van der Waals surface area contributed by atoms with Gasteiger partial charge in [0.15, 0.2) is 0 Å². The molecule has 0 heterocycles. The third-order valence-corrected chi connectivity index (χ3v) is 2.60. The number of para-hydroxylation sites is 1. The Balaban J connectivity index is 2.20. The number of carbonyl (C=O) groups is 2. The van der Waals surface area contributed by atoms with Gasteiger partial charge in [0, 0.05) is 11.6 Å². The minimum Gasteiger partial charge on any atom is -0.457 e. The predicted molar refractivity (Wildman–Crippen MR) is 68.2 cm³/mol. The Labute approximate surface area is 106 Å². The lowest BCUT2D eigenvalue weighted by atomic mass is 9.97. The second kappa shape index (κ2) is 5.45. The first kappa shape index (κ1) is 12.3. The molecule has 0 atom stereocenters. The Hall–Kier alpha value is -2.16. The Morgan fingerprint density at radius 1 is 1.06 bits per heavy atom. The summed E-state index contributed by atoms with van der Waals surface area (Å²) in [5.74, 6) is 0.149. The maximum atomic E-state index is 11.6. The molecule has 0 bridgehead atoms. The topological polar surface area (TPSA) is 43.4 Å². The molecule has 0 unspecified atom stereocenters. The number of ketones is 2. The van der Waals surface area contributed by atoms with E-state index >= 15 is 0 Å². The van der Waals surface area contributed by atoms with Crippen molar-refractivity contribution in [2.24, 2.45) is 0 Å². The Bertz CT molecular complexity index is 524. The van der Waals surface area contributed by atoms with E-state index in [4.69, 9.17) is 4.74 Å². The average Bonchev–Trinajstić information content (AvgIpc) is 2.37. The minimum atomic E-state index is -0.508. The molecule has 3 heteroatoms.